The van der Waals surface area contributed by atoms with Crippen molar-refractivity contribution in [2.45, 2.75) is 11.3 Å². The van der Waals surface area contributed by atoms with E-state index in [4.69, 9.17) is 5.73 Å². The van der Waals surface area contributed by atoms with Crippen LogP contribution in [-0.4, -0.2) is 18.2 Å². The summed E-state index contributed by atoms with van der Waals surface area (Å²) in [7, 11) is 0. The molecule has 1 aliphatic rings. The number of fused-ring (bicyclic) bond motifs is 1. The molecule has 0 atom stereocenters. The van der Waals surface area contributed by atoms with E-state index in [1.165, 1.54) is 12.1 Å². The fraction of sp³-hybridized carbons (Fsp3) is 0.188. The average Bonchev–Trinajstić information content (AvgIpc) is 2.49. The SMILES string of the molecule is Nc1ccc2c(c1)N(C(=O)Cc1ccc(F)cc1)CCS2. The van der Waals surface area contributed by atoms with E-state index in [1.807, 2.05) is 18.2 Å². The molecule has 2 N–H and O–H groups in total. The molecule has 3 rings (SSSR count). The summed E-state index contributed by atoms with van der Waals surface area (Å²) in [5, 5.41) is 0. The zero-order valence-electron chi connectivity index (χ0n) is 11.4. The van der Waals surface area contributed by atoms with Gasteiger partial charge in [0.25, 0.3) is 0 Å². The number of amides is 1. The molecule has 0 unspecified atom stereocenters. The van der Waals surface area contributed by atoms with Crippen molar-refractivity contribution in [1.29, 1.82) is 0 Å². The maximum absolute atomic E-state index is 12.9. The molecule has 0 aliphatic carbocycles. The molecule has 1 heterocycles. The number of nitrogens with zero attached hydrogens (tertiary/aromatic N) is 1. The smallest absolute Gasteiger partial charge is 0.231 e. The van der Waals surface area contributed by atoms with Crippen molar-refractivity contribution in [3.63, 3.8) is 0 Å². The van der Waals surface area contributed by atoms with Crippen molar-refractivity contribution < 1.29 is 9.18 Å². The van der Waals surface area contributed by atoms with Gasteiger partial charge in [-0.15, -0.1) is 11.8 Å². The molecule has 1 amide bonds. The van der Waals surface area contributed by atoms with E-state index in [0.29, 0.717) is 12.2 Å². The Morgan fingerprint density at radius 2 is 2.00 bits per heavy atom. The Balaban J connectivity index is 1.83. The van der Waals surface area contributed by atoms with Crippen LogP contribution >= 0.6 is 11.8 Å². The molecule has 108 valence electrons. The number of nitrogens with two attached hydrogens (primary N) is 1. The van der Waals surface area contributed by atoms with E-state index in [1.54, 1.807) is 28.8 Å². The number of benzene rings is 2. The van der Waals surface area contributed by atoms with Crippen LogP contribution in [0.4, 0.5) is 15.8 Å². The fourth-order valence-electron chi connectivity index (χ4n) is 2.37. The Morgan fingerprint density at radius 3 is 2.76 bits per heavy atom. The van der Waals surface area contributed by atoms with Crippen LogP contribution in [-0.2, 0) is 11.2 Å². The lowest BCUT2D eigenvalue weighted by Crippen LogP contribution is -2.36. The lowest BCUT2D eigenvalue weighted by Gasteiger charge is -2.29. The Kier molecular flexibility index (Phi) is 3.84. The molecule has 1 aliphatic heterocycles. The van der Waals surface area contributed by atoms with Crippen LogP contribution in [0.15, 0.2) is 47.4 Å². The number of halogens is 1. The number of hydrogen-bond donors (Lipinski definition) is 1. The highest BCUT2D eigenvalue weighted by molar-refractivity contribution is 7.99. The molecule has 0 spiro atoms. The number of hydrogen-bond acceptors (Lipinski definition) is 3. The largest absolute Gasteiger partial charge is 0.399 e. The third-order valence-electron chi connectivity index (χ3n) is 3.42. The van der Waals surface area contributed by atoms with E-state index in [2.05, 4.69) is 0 Å². The molecule has 0 saturated heterocycles. The quantitative estimate of drug-likeness (QED) is 0.867. The van der Waals surface area contributed by atoms with Gasteiger partial charge in [-0.25, -0.2) is 4.39 Å². The second-order valence-electron chi connectivity index (χ2n) is 4.92. The minimum atomic E-state index is -0.293. The van der Waals surface area contributed by atoms with Crippen LogP contribution in [0.25, 0.3) is 0 Å². The van der Waals surface area contributed by atoms with Crippen molar-refractivity contribution >= 4 is 29.0 Å². The first kappa shape index (κ1) is 13.9. The number of carbonyl (C=O) groups excluding carboxylic acids is 1. The highest BCUT2D eigenvalue weighted by Crippen LogP contribution is 2.36. The lowest BCUT2D eigenvalue weighted by atomic mass is 10.1. The topological polar surface area (TPSA) is 46.3 Å². The van der Waals surface area contributed by atoms with Gasteiger partial charge in [-0.05, 0) is 35.9 Å². The predicted octanol–water partition coefficient (Wildman–Crippen LogP) is 3.09. The first-order valence-electron chi connectivity index (χ1n) is 6.70. The van der Waals surface area contributed by atoms with Crippen molar-refractivity contribution in [3.05, 3.63) is 53.8 Å². The molecule has 0 aromatic heterocycles. The van der Waals surface area contributed by atoms with Crippen LogP contribution < -0.4 is 10.6 Å². The number of anilines is 2. The maximum atomic E-state index is 12.9. The molecule has 0 radical (unpaired) electrons. The summed E-state index contributed by atoms with van der Waals surface area (Å²) >= 11 is 1.73. The molecule has 2 aromatic carbocycles. The van der Waals surface area contributed by atoms with Crippen LogP contribution in [0.5, 0.6) is 0 Å². The molecular weight excluding hydrogens is 287 g/mol. The van der Waals surface area contributed by atoms with Gasteiger partial charge in [0.15, 0.2) is 0 Å². The highest BCUT2D eigenvalue weighted by Gasteiger charge is 2.23. The minimum Gasteiger partial charge on any atom is -0.399 e. The predicted molar refractivity (Wildman–Crippen MR) is 84.0 cm³/mol. The number of rotatable bonds is 2. The van der Waals surface area contributed by atoms with Crippen LogP contribution in [0.3, 0.4) is 0 Å². The molecule has 3 nitrogen and oxygen atoms in total. The van der Waals surface area contributed by atoms with Gasteiger partial charge in [0.2, 0.25) is 5.91 Å². The van der Waals surface area contributed by atoms with E-state index in [9.17, 15) is 9.18 Å². The summed E-state index contributed by atoms with van der Waals surface area (Å²) in [5.74, 6) is 0.582. The summed E-state index contributed by atoms with van der Waals surface area (Å²) in [6.45, 7) is 0.668. The van der Waals surface area contributed by atoms with Gasteiger partial charge < -0.3 is 10.6 Å². The average molecular weight is 302 g/mol. The molecular formula is C16H15FN2OS. The second kappa shape index (κ2) is 5.77. The van der Waals surface area contributed by atoms with Gasteiger partial charge in [-0.1, -0.05) is 12.1 Å². The third-order valence-corrected chi connectivity index (χ3v) is 4.46. The van der Waals surface area contributed by atoms with E-state index >= 15 is 0 Å². The Bertz CT molecular complexity index is 672. The maximum Gasteiger partial charge on any atom is 0.231 e. The summed E-state index contributed by atoms with van der Waals surface area (Å²) in [5.41, 5.74) is 8.16. The molecule has 21 heavy (non-hydrogen) atoms. The minimum absolute atomic E-state index is 0.00811. The number of carbonyl (C=O) groups is 1. The fourth-order valence-corrected chi connectivity index (χ4v) is 3.34. The van der Waals surface area contributed by atoms with Gasteiger partial charge in [0, 0.05) is 22.9 Å². The number of nitrogen functional groups attached to an aromatic ring is 1. The summed E-state index contributed by atoms with van der Waals surface area (Å²) in [6, 6.07) is 11.7. The summed E-state index contributed by atoms with van der Waals surface area (Å²) < 4.78 is 12.9. The zero-order chi connectivity index (χ0) is 14.8. The van der Waals surface area contributed by atoms with Crippen LogP contribution in [0, 0.1) is 5.82 Å². The summed E-state index contributed by atoms with van der Waals surface area (Å²) in [6.07, 6.45) is 0.263. The Morgan fingerprint density at radius 1 is 1.24 bits per heavy atom. The lowest BCUT2D eigenvalue weighted by molar-refractivity contribution is -0.118. The van der Waals surface area contributed by atoms with Crippen molar-refractivity contribution in [3.8, 4) is 0 Å². The van der Waals surface area contributed by atoms with Crippen molar-refractivity contribution in [1.82, 2.24) is 0 Å². The van der Waals surface area contributed by atoms with Crippen LogP contribution in [0.1, 0.15) is 5.56 Å². The first-order chi connectivity index (χ1) is 10.1. The van der Waals surface area contributed by atoms with Gasteiger partial charge in [-0.3, -0.25) is 4.79 Å². The van der Waals surface area contributed by atoms with Crippen molar-refractivity contribution in [2.24, 2.45) is 0 Å². The summed E-state index contributed by atoms with van der Waals surface area (Å²) in [4.78, 5) is 15.4. The van der Waals surface area contributed by atoms with E-state index < -0.39 is 0 Å². The van der Waals surface area contributed by atoms with Crippen LogP contribution in [0.2, 0.25) is 0 Å². The standard InChI is InChI=1S/C16H15FN2OS/c17-12-3-1-11(2-4-12)9-16(20)19-7-8-21-15-6-5-13(18)10-14(15)19/h1-6,10H,7-9,18H2. The monoisotopic (exact) mass is 302 g/mol. The Labute approximate surface area is 126 Å². The number of thioether (sulfide) groups is 1. The first-order valence-corrected chi connectivity index (χ1v) is 7.69. The molecule has 0 saturated carbocycles. The molecule has 0 bridgehead atoms. The van der Waals surface area contributed by atoms with E-state index in [-0.39, 0.29) is 18.1 Å². The van der Waals surface area contributed by atoms with Gasteiger partial charge in [0.1, 0.15) is 5.82 Å². The van der Waals surface area contributed by atoms with Gasteiger partial charge in [0.05, 0.1) is 12.1 Å². The van der Waals surface area contributed by atoms with Gasteiger partial charge in [-0.2, -0.15) is 0 Å². The molecule has 2 aromatic rings. The van der Waals surface area contributed by atoms with Gasteiger partial charge >= 0.3 is 0 Å². The Hall–Kier alpha value is -2.01. The second-order valence-corrected chi connectivity index (χ2v) is 6.06. The molecule has 0 fully saturated rings. The van der Waals surface area contributed by atoms with Crippen molar-refractivity contribution in [2.75, 3.05) is 22.9 Å². The highest BCUT2D eigenvalue weighted by atomic mass is 32.2. The third kappa shape index (κ3) is 3.03. The van der Waals surface area contributed by atoms with E-state index in [0.717, 1.165) is 21.9 Å². The molecule has 5 heteroatoms. The zero-order valence-corrected chi connectivity index (χ0v) is 12.2. The normalized spacial score (nSPS) is 13.9.